The Morgan fingerprint density at radius 3 is 2.20 bits per heavy atom. The molecule has 0 bridgehead atoms. The Labute approximate surface area is 150 Å². The lowest BCUT2D eigenvalue weighted by Crippen LogP contribution is -3.19. The summed E-state index contributed by atoms with van der Waals surface area (Å²) in [5.74, 6) is 0.634. The second-order valence-corrected chi connectivity index (χ2v) is 8.56. The van der Waals surface area contributed by atoms with Crippen molar-refractivity contribution < 1.29 is 22.8 Å². The fraction of sp³-hybridized carbons (Fsp3) is 0.588. The van der Waals surface area contributed by atoms with Gasteiger partial charge in [-0.2, -0.15) is 4.31 Å². The fourth-order valence-corrected chi connectivity index (χ4v) is 4.38. The van der Waals surface area contributed by atoms with E-state index in [1.54, 1.807) is 31.4 Å². The third kappa shape index (κ3) is 4.71. The van der Waals surface area contributed by atoms with Gasteiger partial charge in [0.1, 0.15) is 5.75 Å². The van der Waals surface area contributed by atoms with Gasteiger partial charge in [-0.25, -0.2) is 8.42 Å². The predicted octanol–water partition coefficient (Wildman–Crippen LogP) is -0.502. The van der Waals surface area contributed by atoms with Gasteiger partial charge in [-0.3, -0.25) is 4.79 Å². The number of ether oxygens (including phenoxy) is 1. The highest BCUT2D eigenvalue weighted by atomic mass is 32.2. The smallest absolute Gasteiger partial charge is 0.278 e. The molecule has 1 amide bonds. The van der Waals surface area contributed by atoms with Crippen LogP contribution in [0.25, 0.3) is 0 Å². The van der Waals surface area contributed by atoms with Gasteiger partial charge in [0.05, 0.1) is 38.2 Å². The summed E-state index contributed by atoms with van der Waals surface area (Å²) in [5.41, 5.74) is 0. The highest BCUT2D eigenvalue weighted by Crippen LogP contribution is 2.19. The van der Waals surface area contributed by atoms with Gasteiger partial charge < -0.3 is 15.0 Å². The van der Waals surface area contributed by atoms with Crippen LogP contribution >= 0.6 is 0 Å². The van der Waals surface area contributed by atoms with E-state index in [1.165, 1.54) is 4.31 Å². The zero-order valence-electron chi connectivity index (χ0n) is 15.3. The Kier molecular flexibility index (Phi) is 6.42. The summed E-state index contributed by atoms with van der Waals surface area (Å²) in [6.07, 6.45) is 0. The molecule has 0 saturated carbocycles. The van der Waals surface area contributed by atoms with Crippen molar-refractivity contribution in [3.63, 3.8) is 0 Å². The molecule has 1 fully saturated rings. The lowest BCUT2D eigenvalue weighted by molar-refractivity contribution is -0.917. The average molecular weight is 370 g/mol. The van der Waals surface area contributed by atoms with Gasteiger partial charge in [-0.1, -0.05) is 0 Å². The first-order chi connectivity index (χ1) is 11.8. The maximum Gasteiger partial charge on any atom is 0.278 e. The zero-order chi connectivity index (χ0) is 18.6. The van der Waals surface area contributed by atoms with Crippen molar-refractivity contribution >= 4 is 15.9 Å². The Morgan fingerprint density at radius 1 is 1.16 bits per heavy atom. The average Bonchev–Trinajstić information content (AvgIpc) is 2.60. The minimum Gasteiger partial charge on any atom is -0.497 e. The monoisotopic (exact) mass is 370 g/mol. The number of nitrogens with zero attached hydrogens (tertiary/aromatic N) is 1. The summed E-state index contributed by atoms with van der Waals surface area (Å²) in [6, 6.07) is 6.33. The number of rotatable bonds is 6. The predicted molar refractivity (Wildman–Crippen MR) is 95.2 cm³/mol. The number of sulfonamides is 1. The molecule has 0 unspecified atom stereocenters. The summed E-state index contributed by atoms with van der Waals surface area (Å²) in [5, 5.41) is 2.91. The van der Waals surface area contributed by atoms with Gasteiger partial charge in [0.2, 0.25) is 10.0 Å². The van der Waals surface area contributed by atoms with E-state index in [-0.39, 0.29) is 22.9 Å². The van der Waals surface area contributed by atoms with Gasteiger partial charge in [-0.15, -0.1) is 0 Å². The molecule has 1 heterocycles. The van der Waals surface area contributed by atoms with Crippen molar-refractivity contribution in [1.29, 1.82) is 0 Å². The molecular formula is C17H28N3O4S+. The molecule has 7 nitrogen and oxygen atoms in total. The molecule has 0 radical (unpaired) electrons. The van der Waals surface area contributed by atoms with Gasteiger partial charge in [0.25, 0.3) is 5.91 Å². The first-order valence-corrected chi connectivity index (χ1v) is 9.99. The highest BCUT2D eigenvalue weighted by molar-refractivity contribution is 7.89. The lowest BCUT2D eigenvalue weighted by Gasteiger charge is -2.34. The van der Waals surface area contributed by atoms with Crippen LogP contribution in [-0.2, 0) is 14.8 Å². The first-order valence-electron chi connectivity index (χ1n) is 8.55. The largest absolute Gasteiger partial charge is 0.497 e. The molecule has 140 valence electrons. The maximum atomic E-state index is 12.7. The molecule has 0 aromatic heterocycles. The molecule has 2 rings (SSSR count). The van der Waals surface area contributed by atoms with Crippen LogP contribution in [0.5, 0.6) is 5.75 Å². The number of piperazine rings is 1. The van der Waals surface area contributed by atoms with Crippen molar-refractivity contribution in [2.75, 3.05) is 33.3 Å². The number of hydrogen-bond acceptors (Lipinski definition) is 4. The molecule has 0 aliphatic carbocycles. The zero-order valence-corrected chi connectivity index (χ0v) is 16.1. The van der Waals surface area contributed by atoms with E-state index < -0.39 is 10.0 Å². The molecule has 1 aromatic carbocycles. The third-order valence-electron chi connectivity index (χ3n) is 4.50. The van der Waals surface area contributed by atoms with Crippen LogP contribution in [0, 0.1) is 0 Å². The Bertz CT molecular complexity index is 680. The number of benzene rings is 1. The standard InChI is InChI=1S/C17H27N3O4S/c1-13(2)18-17(21)14(3)19-9-11-20(12-10-19)25(22,23)16-7-5-15(24-4)6-8-16/h5-8,13-14H,9-12H2,1-4H3,(H,18,21)/p+1/t14-/m0/s1. The second-order valence-electron chi connectivity index (χ2n) is 6.62. The number of methoxy groups -OCH3 is 1. The van der Waals surface area contributed by atoms with Crippen molar-refractivity contribution in [2.45, 2.75) is 37.8 Å². The summed E-state index contributed by atoms with van der Waals surface area (Å²) in [6.45, 7) is 7.79. The second kappa shape index (κ2) is 8.16. The van der Waals surface area contributed by atoms with Crippen LogP contribution in [0.3, 0.4) is 0 Å². The molecule has 1 aliphatic rings. The van der Waals surface area contributed by atoms with Gasteiger partial charge >= 0.3 is 0 Å². The summed E-state index contributed by atoms with van der Waals surface area (Å²) in [7, 11) is -1.97. The topological polar surface area (TPSA) is 80.2 Å². The van der Waals surface area contributed by atoms with Crippen molar-refractivity contribution in [3.8, 4) is 5.75 Å². The Balaban J connectivity index is 1.99. The number of carbonyl (C=O) groups excluding carboxylic acids is 1. The normalized spacial score (nSPS) is 18.1. The van der Waals surface area contributed by atoms with Crippen LogP contribution in [0.15, 0.2) is 29.2 Å². The number of amides is 1. The molecule has 1 aromatic rings. The van der Waals surface area contributed by atoms with Crippen LogP contribution in [-0.4, -0.2) is 64.0 Å². The van der Waals surface area contributed by atoms with Gasteiger partial charge in [0.15, 0.2) is 6.04 Å². The first kappa shape index (κ1) is 19.7. The van der Waals surface area contributed by atoms with E-state index in [4.69, 9.17) is 4.74 Å². The van der Waals surface area contributed by atoms with E-state index in [1.807, 2.05) is 20.8 Å². The molecule has 0 spiro atoms. The molecule has 1 atom stereocenters. The van der Waals surface area contributed by atoms with Gasteiger partial charge in [-0.05, 0) is 45.0 Å². The Hall–Kier alpha value is -1.64. The molecule has 1 saturated heterocycles. The molecule has 1 aliphatic heterocycles. The maximum absolute atomic E-state index is 12.7. The van der Waals surface area contributed by atoms with Crippen LogP contribution < -0.4 is 15.0 Å². The van der Waals surface area contributed by atoms with E-state index in [9.17, 15) is 13.2 Å². The van der Waals surface area contributed by atoms with Crippen molar-refractivity contribution in [3.05, 3.63) is 24.3 Å². The van der Waals surface area contributed by atoms with Crippen molar-refractivity contribution in [1.82, 2.24) is 9.62 Å². The molecular weight excluding hydrogens is 342 g/mol. The summed E-state index contributed by atoms with van der Waals surface area (Å²) >= 11 is 0. The number of nitrogens with one attached hydrogen (secondary N) is 2. The van der Waals surface area contributed by atoms with Crippen LogP contribution in [0.1, 0.15) is 20.8 Å². The van der Waals surface area contributed by atoms with Crippen LogP contribution in [0.2, 0.25) is 0 Å². The fourth-order valence-electron chi connectivity index (χ4n) is 2.94. The van der Waals surface area contributed by atoms with Crippen LogP contribution in [0.4, 0.5) is 0 Å². The number of quaternary nitrogens is 1. The minimum atomic E-state index is -3.51. The quantitative estimate of drug-likeness (QED) is 0.707. The highest BCUT2D eigenvalue weighted by Gasteiger charge is 2.34. The van der Waals surface area contributed by atoms with E-state index in [0.717, 1.165) is 4.90 Å². The summed E-state index contributed by atoms with van der Waals surface area (Å²) < 4.78 is 32.0. The SMILES string of the molecule is COc1ccc(S(=O)(=O)N2CC[NH+]([C@@H](C)C(=O)NC(C)C)CC2)cc1. The molecule has 2 N–H and O–H groups in total. The van der Waals surface area contributed by atoms with E-state index in [0.29, 0.717) is 31.9 Å². The lowest BCUT2D eigenvalue weighted by atomic mass is 10.2. The number of hydrogen-bond donors (Lipinski definition) is 2. The number of carbonyl (C=O) groups is 1. The van der Waals surface area contributed by atoms with Crippen molar-refractivity contribution in [2.24, 2.45) is 0 Å². The van der Waals surface area contributed by atoms with E-state index >= 15 is 0 Å². The molecule has 8 heteroatoms. The van der Waals surface area contributed by atoms with E-state index in [2.05, 4.69) is 5.32 Å². The van der Waals surface area contributed by atoms with Gasteiger partial charge in [0, 0.05) is 6.04 Å². The summed E-state index contributed by atoms with van der Waals surface area (Å²) in [4.78, 5) is 13.5. The Morgan fingerprint density at radius 2 is 1.72 bits per heavy atom. The molecule has 25 heavy (non-hydrogen) atoms. The third-order valence-corrected chi connectivity index (χ3v) is 6.41. The minimum absolute atomic E-state index is 0.0106.